The van der Waals surface area contributed by atoms with E-state index in [4.69, 9.17) is 29.2 Å². The predicted octanol–water partition coefficient (Wildman–Crippen LogP) is 2.03. The van der Waals surface area contributed by atoms with Crippen LogP contribution in [0.1, 0.15) is 38.5 Å². The molecule has 1 aromatic carbocycles. The normalized spacial score (nSPS) is 18.8. The van der Waals surface area contributed by atoms with Crippen LogP contribution in [0.5, 0.6) is 0 Å². The third-order valence-electron chi connectivity index (χ3n) is 5.28. The molecule has 0 saturated carbocycles. The number of carbonyl (C=O) groups is 4. The summed E-state index contributed by atoms with van der Waals surface area (Å²) < 4.78 is 22.1. The lowest BCUT2D eigenvalue weighted by Crippen LogP contribution is -2.44. The van der Waals surface area contributed by atoms with Crippen LogP contribution >= 0.6 is 0 Å². The Balaban J connectivity index is 2.42. The highest BCUT2D eigenvalue weighted by Crippen LogP contribution is 2.41. The first kappa shape index (κ1) is 28.4. The zero-order chi connectivity index (χ0) is 26.6. The van der Waals surface area contributed by atoms with Crippen LogP contribution in [0.2, 0.25) is 0 Å². The van der Waals surface area contributed by atoms with Gasteiger partial charge in [-0.25, -0.2) is 9.59 Å². The molecule has 2 rings (SSSR count). The van der Waals surface area contributed by atoms with Crippen LogP contribution in [-0.2, 0) is 38.1 Å². The van der Waals surface area contributed by atoms with E-state index in [-0.39, 0.29) is 39.3 Å². The number of carbonyl (C=O) groups excluding carboxylic acids is 2. The standard InChI is InChI=1S/C26H28O10/c1-3-33-23(31)20(24(32)34-4-2)15-26(14-18(10-12-21(27)28)11-13-22(29)30)16-35-25(36-17-26)19-8-6-5-7-9-19/h5-9,18,20,25H,3-4,14-17H2,1-2H3,(H,27,28)(H,29,30). The Kier molecular flexibility index (Phi) is 10.9. The summed E-state index contributed by atoms with van der Waals surface area (Å²) in [4.78, 5) is 47.3. The van der Waals surface area contributed by atoms with Gasteiger partial charge in [-0.05, 0) is 26.7 Å². The van der Waals surface area contributed by atoms with Crippen molar-refractivity contribution in [1.29, 1.82) is 0 Å². The summed E-state index contributed by atoms with van der Waals surface area (Å²) in [5.41, 5.74) is -0.313. The monoisotopic (exact) mass is 500 g/mol. The molecule has 0 spiro atoms. The van der Waals surface area contributed by atoms with Crippen LogP contribution in [0.4, 0.5) is 0 Å². The van der Waals surface area contributed by atoms with E-state index in [0.29, 0.717) is 0 Å². The largest absolute Gasteiger partial charge is 0.472 e. The van der Waals surface area contributed by atoms with Gasteiger partial charge in [-0.1, -0.05) is 42.2 Å². The summed E-state index contributed by atoms with van der Waals surface area (Å²) in [6.07, 6.45) is -0.882. The van der Waals surface area contributed by atoms with Crippen molar-refractivity contribution in [3.63, 3.8) is 0 Å². The van der Waals surface area contributed by atoms with E-state index in [1.54, 1.807) is 13.8 Å². The van der Waals surface area contributed by atoms with Crippen molar-refractivity contribution >= 4 is 23.9 Å². The molecule has 10 nitrogen and oxygen atoms in total. The van der Waals surface area contributed by atoms with Crippen molar-refractivity contribution < 1.29 is 48.3 Å². The summed E-state index contributed by atoms with van der Waals surface area (Å²) in [5, 5.41) is 17.9. The van der Waals surface area contributed by atoms with E-state index in [0.717, 1.165) is 5.56 Å². The van der Waals surface area contributed by atoms with Crippen LogP contribution in [0.15, 0.2) is 30.3 Å². The second kappa shape index (κ2) is 13.9. The average molecular weight is 501 g/mol. The van der Waals surface area contributed by atoms with Crippen molar-refractivity contribution in [3.05, 3.63) is 35.9 Å². The topological polar surface area (TPSA) is 146 Å². The molecule has 1 aromatic rings. The number of esters is 2. The molecule has 192 valence electrons. The number of hydrogen-bond acceptors (Lipinski definition) is 8. The number of carboxylic acids is 2. The fraction of sp³-hybridized carbons (Fsp3) is 0.462. The van der Waals surface area contributed by atoms with Gasteiger partial charge in [0, 0.05) is 22.8 Å². The lowest BCUT2D eigenvalue weighted by Gasteiger charge is -2.41. The van der Waals surface area contributed by atoms with Crippen molar-refractivity contribution in [2.24, 2.45) is 17.3 Å². The van der Waals surface area contributed by atoms with Crippen molar-refractivity contribution in [1.82, 2.24) is 0 Å². The summed E-state index contributed by atoms with van der Waals surface area (Å²) in [7, 11) is 0. The molecular formula is C26H28O10. The smallest absolute Gasteiger partial charge is 0.381 e. The first-order chi connectivity index (χ1) is 17.2. The maximum atomic E-state index is 12.7. The number of aliphatic carboxylic acids is 2. The number of carboxylic acid groups (broad SMARTS) is 2. The van der Waals surface area contributed by atoms with Gasteiger partial charge in [-0.2, -0.15) is 0 Å². The van der Waals surface area contributed by atoms with Gasteiger partial charge in [0.05, 0.1) is 32.3 Å². The highest BCUT2D eigenvalue weighted by Gasteiger charge is 2.45. The summed E-state index contributed by atoms with van der Waals surface area (Å²) in [5.74, 6) is 2.05. The highest BCUT2D eigenvalue weighted by molar-refractivity contribution is 5.95. The van der Waals surface area contributed by atoms with Gasteiger partial charge in [-0.3, -0.25) is 9.59 Å². The molecule has 1 aliphatic heterocycles. The van der Waals surface area contributed by atoms with E-state index >= 15 is 0 Å². The minimum Gasteiger partial charge on any atom is -0.472 e. The molecule has 0 amide bonds. The first-order valence-electron chi connectivity index (χ1n) is 11.3. The van der Waals surface area contributed by atoms with E-state index in [9.17, 15) is 19.2 Å². The second-order valence-electron chi connectivity index (χ2n) is 8.03. The van der Waals surface area contributed by atoms with E-state index < -0.39 is 47.4 Å². The predicted molar refractivity (Wildman–Crippen MR) is 124 cm³/mol. The summed E-state index contributed by atoms with van der Waals surface area (Å²) in [6.45, 7) is 3.27. The van der Waals surface area contributed by atoms with Crippen LogP contribution in [-0.4, -0.2) is 60.5 Å². The highest BCUT2D eigenvalue weighted by atomic mass is 16.7. The number of ether oxygens (including phenoxy) is 4. The van der Waals surface area contributed by atoms with Crippen LogP contribution in [0.3, 0.4) is 0 Å². The van der Waals surface area contributed by atoms with Crippen molar-refractivity contribution in [3.8, 4) is 23.7 Å². The van der Waals surface area contributed by atoms with Gasteiger partial charge in [-0.15, -0.1) is 0 Å². The quantitative estimate of drug-likeness (QED) is 0.293. The number of benzene rings is 1. The minimum absolute atomic E-state index is 0.0120. The molecule has 0 radical (unpaired) electrons. The Bertz CT molecular complexity index is 999. The third-order valence-corrected chi connectivity index (χ3v) is 5.28. The molecule has 0 aromatic heterocycles. The molecular weight excluding hydrogens is 472 g/mol. The molecule has 1 saturated heterocycles. The van der Waals surface area contributed by atoms with Crippen molar-refractivity contribution in [2.75, 3.05) is 26.4 Å². The Morgan fingerprint density at radius 2 is 1.42 bits per heavy atom. The number of hydrogen-bond donors (Lipinski definition) is 2. The van der Waals surface area contributed by atoms with Crippen molar-refractivity contribution in [2.45, 2.75) is 33.0 Å². The fourth-order valence-corrected chi connectivity index (χ4v) is 3.77. The molecule has 1 heterocycles. The van der Waals surface area contributed by atoms with Crippen LogP contribution in [0, 0.1) is 40.9 Å². The molecule has 1 aliphatic rings. The lowest BCUT2D eigenvalue weighted by molar-refractivity contribution is -0.241. The molecule has 0 aliphatic carbocycles. The molecule has 0 unspecified atom stereocenters. The Morgan fingerprint density at radius 1 is 0.917 bits per heavy atom. The fourth-order valence-electron chi connectivity index (χ4n) is 3.77. The Morgan fingerprint density at radius 3 is 1.86 bits per heavy atom. The first-order valence-corrected chi connectivity index (χ1v) is 11.3. The SMILES string of the molecule is CCOC(=O)C(CC1(CC(C#CC(=O)O)C#CC(=O)O)COC(c2ccccc2)OC1)C(=O)OCC. The number of rotatable bonds is 9. The molecule has 0 atom stereocenters. The van der Waals surface area contributed by atoms with Crippen LogP contribution in [0.25, 0.3) is 0 Å². The van der Waals surface area contributed by atoms with E-state index in [1.807, 2.05) is 42.2 Å². The lowest BCUT2D eigenvalue weighted by atomic mass is 9.73. The Hall–Kier alpha value is -3.86. The molecule has 10 heteroatoms. The Labute approximate surface area is 208 Å². The van der Waals surface area contributed by atoms with Gasteiger partial charge < -0.3 is 29.2 Å². The molecule has 1 fully saturated rings. The molecule has 2 N–H and O–H groups in total. The van der Waals surface area contributed by atoms with Gasteiger partial charge in [0.25, 0.3) is 0 Å². The van der Waals surface area contributed by atoms with Crippen LogP contribution < -0.4 is 0 Å². The zero-order valence-corrected chi connectivity index (χ0v) is 20.0. The minimum atomic E-state index is -1.41. The van der Waals surface area contributed by atoms with Gasteiger partial charge in [0.15, 0.2) is 12.2 Å². The zero-order valence-electron chi connectivity index (χ0n) is 20.0. The van der Waals surface area contributed by atoms with E-state index in [1.165, 1.54) is 0 Å². The van der Waals surface area contributed by atoms with E-state index in [2.05, 4.69) is 11.8 Å². The molecule has 0 bridgehead atoms. The summed E-state index contributed by atoms with van der Waals surface area (Å²) >= 11 is 0. The maximum absolute atomic E-state index is 12.7. The summed E-state index contributed by atoms with van der Waals surface area (Å²) in [6, 6.07) is 9.11. The average Bonchev–Trinajstić information content (AvgIpc) is 2.85. The molecule has 36 heavy (non-hydrogen) atoms. The maximum Gasteiger partial charge on any atom is 0.381 e. The van der Waals surface area contributed by atoms with Gasteiger partial charge >= 0.3 is 23.9 Å². The third kappa shape index (κ3) is 8.73. The second-order valence-corrected chi connectivity index (χ2v) is 8.03. The van der Waals surface area contributed by atoms with Gasteiger partial charge in [0.2, 0.25) is 0 Å². The van der Waals surface area contributed by atoms with Gasteiger partial charge in [0.1, 0.15) is 0 Å².